The normalized spacial score (nSPS) is 38.3. The molecule has 0 aromatic rings. The molecule has 0 radical (unpaired) electrons. The Balaban J connectivity index is 1.90. The van der Waals surface area contributed by atoms with E-state index in [-0.39, 0.29) is 0 Å². The Bertz CT molecular complexity index is 237. The van der Waals surface area contributed by atoms with Gasteiger partial charge in [0.05, 0.1) is 6.10 Å². The molecule has 4 atom stereocenters. The standard InChI is InChI=1S/C15H29NOS/c1-3-16-13-8-6-4-5-7-9-15(13)18-14-10-11-17-12(14)2/h12-16H,3-11H2,1-2H3. The molecule has 0 amide bonds. The van der Waals surface area contributed by atoms with Gasteiger partial charge in [0.1, 0.15) is 0 Å². The predicted molar refractivity (Wildman–Crippen MR) is 80.4 cm³/mol. The molecule has 1 aliphatic carbocycles. The molecular formula is C15H29NOS. The molecule has 3 heteroatoms. The Labute approximate surface area is 117 Å². The average molecular weight is 271 g/mol. The zero-order valence-corrected chi connectivity index (χ0v) is 12.8. The van der Waals surface area contributed by atoms with Crippen LogP contribution in [0.3, 0.4) is 0 Å². The van der Waals surface area contributed by atoms with E-state index < -0.39 is 0 Å². The van der Waals surface area contributed by atoms with E-state index in [4.69, 9.17) is 4.74 Å². The van der Waals surface area contributed by atoms with Gasteiger partial charge in [0.25, 0.3) is 0 Å². The average Bonchev–Trinajstić information content (AvgIpc) is 2.73. The highest BCUT2D eigenvalue weighted by Crippen LogP contribution is 2.35. The molecule has 0 aromatic heterocycles. The molecular weight excluding hydrogens is 242 g/mol. The van der Waals surface area contributed by atoms with E-state index in [2.05, 4.69) is 30.9 Å². The van der Waals surface area contributed by atoms with Crippen molar-refractivity contribution in [1.82, 2.24) is 5.32 Å². The van der Waals surface area contributed by atoms with Crippen LogP contribution in [0.1, 0.15) is 58.8 Å². The second kappa shape index (κ2) is 7.76. The molecule has 18 heavy (non-hydrogen) atoms. The number of rotatable bonds is 4. The molecule has 0 spiro atoms. The molecule has 1 saturated heterocycles. The third-order valence-electron chi connectivity index (χ3n) is 4.33. The van der Waals surface area contributed by atoms with Crippen LogP contribution in [0, 0.1) is 0 Å². The van der Waals surface area contributed by atoms with Crippen LogP contribution in [0.2, 0.25) is 0 Å². The number of thioether (sulfide) groups is 1. The van der Waals surface area contributed by atoms with Crippen molar-refractivity contribution in [3.63, 3.8) is 0 Å². The van der Waals surface area contributed by atoms with Gasteiger partial charge in [-0.15, -0.1) is 0 Å². The van der Waals surface area contributed by atoms with Crippen molar-refractivity contribution < 1.29 is 4.74 Å². The van der Waals surface area contributed by atoms with Gasteiger partial charge in [-0.3, -0.25) is 0 Å². The van der Waals surface area contributed by atoms with Gasteiger partial charge in [0, 0.05) is 23.1 Å². The van der Waals surface area contributed by atoms with E-state index in [9.17, 15) is 0 Å². The second-order valence-corrected chi connectivity index (χ2v) is 7.22. The smallest absolute Gasteiger partial charge is 0.0666 e. The van der Waals surface area contributed by atoms with Gasteiger partial charge in [-0.2, -0.15) is 11.8 Å². The first-order valence-electron chi connectivity index (χ1n) is 7.81. The Morgan fingerprint density at radius 2 is 1.83 bits per heavy atom. The Morgan fingerprint density at radius 1 is 1.06 bits per heavy atom. The van der Waals surface area contributed by atoms with Crippen molar-refractivity contribution in [3.8, 4) is 0 Å². The summed E-state index contributed by atoms with van der Waals surface area (Å²) in [4.78, 5) is 0. The first kappa shape index (κ1) is 14.7. The Hall–Kier alpha value is 0.270. The third-order valence-corrected chi connectivity index (χ3v) is 6.21. The number of hydrogen-bond acceptors (Lipinski definition) is 3. The molecule has 2 nitrogen and oxygen atoms in total. The summed E-state index contributed by atoms with van der Waals surface area (Å²) in [6.07, 6.45) is 10.2. The highest BCUT2D eigenvalue weighted by atomic mass is 32.2. The van der Waals surface area contributed by atoms with Crippen molar-refractivity contribution in [2.75, 3.05) is 13.2 Å². The fraction of sp³-hybridized carbons (Fsp3) is 1.00. The third kappa shape index (κ3) is 4.14. The predicted octanol–water partition coefficient (Wildman–Crippen LogP) is 3.60. The van der Waals surface area contributed by atoms with Gasteiger partial charge in [0.15, 0.2) is 0 Å². The van der Waals surface area contributed by atoms with Crippen LogP contribution in [-0.4, -0.2) is 35.8 Å². The van der Waals surface area contributed by atoms with Crippen molar-refractivity contribution in [2.45, 2.75) is 81.4 Å². The SMILES string of the molecule is CCNC1CCCCCCC1SC1CCOC1C. The molecule has 1 saturated carbocycles. The van der Waals surface area contributed by atoms with Crippen molar-refractivity contribution >= 4 is 11.8 Å². The van der Waals surface area contributed by atoms with Crippen molar-refractivity contribution in [2.24, 2.45) is 0 Å². The largest absolute Gasteiger partial charge is 0.377 e. The zero-order chi connectivity index (χ0) is 12.8. The quantitative estimate of drug-likeness (QED) is 0.844. The van der Waals surface area contributed by atoms with E-state index in [1.807, 2.05) is 0 Å². The van der Waals surface area contributed by atoms with E-state index >= 15 is 0 Å². The summed E-state index contributed by atoms with van der Waals surface area (Å²) in [6, 6.07) is 0.730. The molecule has 0 aromatic carbocycles. The van der Waals surface area contributed by atoms with Gasteiger partial charge >= 0.3 is 0 Å². The van der Waals surface area contributed by atoms with E-state index in [0.29, 0.717) is 6.10 Å². The highest BCUT2D eigenvalue weighted by molar-refractivity contribution is 8.00. The molecule has 106 valence electrons. The minimum absolute atomic E-state index is 0.461. The summed E-state index contributed by atoms with van der Waals surface area (Å²) in [5.74, 6) is 0. The second-order valence-electron chi connectivity index (χ2n) is 5.73. The highest BCUT2D eigenvalue weighted by Gasteiger charge is 2.31. The molecule has 2 rings (SSSR count). The van der Waals surface area contributed by atoms with E-state index in [0.717, 1.165) is 29.7 Å². The number of ether oxygens (including phenoxy) is 1. The van der Waals surface area contributed by atoms with Crippen LogP contribution >= 0.6 is 11.8 Å². The minimum atomic E-state index is 0.461. The fourth-order valence-corrected chi connectivity index (χ4v) is 4.93. The maximum atomic E-state index is 5.72. The van der Waals surface area contributed by atoms with Crippen LogP contribution in [0.5, 0.6) is 0 Å². The molecule has 2 fully saturated rings. The monoisotopic (exact) mass is 271 g/mol. The lowest BCUT2D eigenvalue weighted by Crippen LogP contribution is -2.40. The summed E-state index contributed by atoms with van der Waals surface area (Å²) in [7, 11) is 0. The topological polar surface area (TPSA) is 21.3 Å². The number of hydrogen-bond donors (Lipinski definition) is 1. The van der Waals surface area contributed by atoms with Gasteiger partial charge < -0.3 is 10.1 Å². The first-order chi connectivity index (χ1) is 8.81. The fourth-order valence-electron chi connectivity index (χ4n) is 3.22. The summed E-state index contributed by atoms with van der Waals surface area (Å²) in [6.45, 7) is 6.56. The van der Waals surface area contributed by atoms with Crippen LogP contribution < -0.4 is 5.32 Å². The maximum Gasteiger partial charge on any atom is 0.0666 e. The Morgan fingerprint density at radius 3 is 2.50 bits per heavy atom. The van der Waals surface area contributed by atoms with Crippen molar-refractivity contribution in [3.05, 3.63) is 0 Å². The van der Waals surface area contributed by atoms with E-state index in [1.165, 1.54) is 44.9 Å². The van der Waals surface area contributed by atoms with E-state index in [1.54, 1.807) is 0 Å². The molecule has 1 heterocycles. The molecule has 1 N–H and O–H groups in total. The van der Waals surface area contributed by atoms with Crippen molar-refractivity contribution in [1.29, 1.82) is 0 Å². The summed E-state index contributed by atoms with van der Waals surface area (Å²) < 4.78 is 5.72. The van der Waals surface area contributed by atoms with Crippen LogP contribution in [0.25, 0.3) is 0 Å². The van der Waals surface area contributed by atoms with Gasteiger partial charge in [-0.25, -0.2) is 0 Å². The lowest BCUT2D eigenvalue weighted by Gasteiger charge is -2.32. The molecule has 2 aliphatic rings. The lowest BCUT2D eigenvalue weighted by atomic mass is 9.96. The zero-order valence-electron chi connectivity index (χ0n) is 12.0. The minimum Gasteiger partial charge on any atom is -0.377 e. The molecule has 0 bridgehead atoms. The van der Waals surface area contributed by atoms with Gasteiger partial charge in [-0.1, -0.05) is 32.6 Å². The van der Waals surface area contributed by atoms with Crippen LogP contribution in [-0.2, 0) is 4.74 Å². The number of nitrogens with one attached hydrogen (secondary N) is 1. The van der Waals surface area contributed by atoms with Crippen LogP contribution in [0.15, 0.2) is 0 Å². The Kier molecular flexibility index (Phi) is 6.33. The first-order valence-corrected chi connectivity index (χ1v) is 8.76. The van der Waals surface area contributed by atoms with Gasteiger partial charge in [0.2, 0.25) is 0 Å². The van der Waals surface area contributed by atoms with Gasteiger partial charge in [-0.05, 0) is 32.7 Å². The summed E-state index contributed by atoms with van der Waals surface area (Å²) in [5, 5.41) is 5.27. The maximum absolute atomic E-state index is 5.72. The summed E-state index contributed by atoms with van der Waals surface area (Å²) >= 11 is 2.22. The summed E-state index contributed by atoms with van der Waals surface area (Å²) in [5.41, 5.74) is 0. The molecule has 1 aliphatic heterocycles. The molecule has 4 unspecified atom stereocenters. The lowest BCUT2D eigenvalue weighted by molar-refractivity contribution is 0.127. The van der Waals surface area contributed by atoms with Crippen LogP contribution in [0.4, 0.5) is 0 Å².